The normalized spacial score (nSPS) is 12.2. The third-order valence-electron chi connectivity index (χ3n) is 6.72. The molecule has 0 aliphatic heterocycles. The fraction of sp³-hybridized carbons (Fsp3) is 0.172. The monoisotopic (exact) mass is 600 g/mol. The zero-order valence-corrected chi connectivity index (χ0v) is 24.1. The van der Waals surface area contributed by atoms with Gasteiger partial charge < -0.3 is 10.5 Å². The number of hydrogen-bond acceptors (Lipinski definition) is 8. The van der Waals surface area contributed by atoms with E-state index in [9.17, 15) is 9.18 Å². The van der Waals surface area contributed by atoms with Crippen molar-refractivity contribution in [3.63, 3.8) is 0 Å². The maximum atomic E-state index is 14.4. The number of rotatable bonds is 6. The highest BCUT2D eigenvalue weighted by molar-refractivity contribution is 7.16. The fourth-order valence-corrected chi connectivity index (χ4v) is 6.04. The second-order valence-electron chi connectivity index (χ2n) is 9.78. The smallest absolute Gasteiger partial charge is 0.265 e. The van der Waals surface area contributed by atoms with Crippen LogP contribution in [0, 0.1) is 12.4 Å². The lowest BCUT2D eigenvalue weighted by Crippen LogP contribution is -2.20. The summed E-state index contributed by atoms with van der Waals surface area (Å²) < 4.78 is 23.1. The molecule has 0 unspecified atom stereocenters. The standard InChI is InChI=1S/C29H22ClFN8O2S/c1-14(2)41-28-20(33-4)9-17(11-34-28)25-24-26(32)35-13-36-27(24)39(37-25)15(3)19-10-22-38(21(30)12-42-22)29(40)23(19)16-6-5-7-18(31)8-16/h5-15H,1-3H3,(H2,32,35,36)/t15-/m0/s1. The summed E-state index contributed by atoms with van der Waals surface area (Å²) in [4.78, 5) is 31.1. The summed E-state index contributed by atoms with van der Waals surface area (Å²) in [6, 6.07) is 8.74. The first-order chi connectivity index (χ1) is 20.2. The van der Waals surface area contributed by atoms with E-state index in [1.165, 1.54) is 34.2 Å². The van der Waals surface area contributed by atoms with Crippen LogP contribution in [0.4, 0.5) is 15.9 Å². The SMILES string of the molecule is [C-]#[N+]c1cc(-c2nn([C@@H](C)c3cc4scc(Cl)n4c(=O)c3-c3cccc(F)c3)c3ncnc(N)c23)cnc1OC(C)C. The van der Waals surface area contributed by atoms with E-state index in [4.69, 9.17) is 33.7 Å². The second kappa shape index (κ2) is 10.5. The highest BCUT2D eigenvalue weighted by atomic mass is 35.5. The van der Waals surface area contributed by atoms with Gasteiger partial charge in [0.2, 0.25) is 11.6 Å². The molecule has 6 aromatic rings. The molecule has 13 heteroatoms. The van der Waals surface area contributed by atoms with Crippen molar-refractivity contribution >= 4 is 50.3 Å². The van der Waals surface area contributed by atoms with E-state index < -0.39 is 11.9 Å². The molecule has 0 saturated heterocycles. The Balaban J connectivity index is 1.59. The maximum absolute atomic E-state index is 14.4. The third-order valence-corrected chi connectivity index (χ3v) is 8.01. The lowest BCUT2D eigenvalue weighted by molar-refractivity contribution is 0.234. The van der Waals surface area contributed by atoms with Crippen molar-refractivity contribution in [1.82, 2.24) is 29.1 Å². The number of nitrogens with zero attached hydrogens (tertiary/aromatic N) is 7. The van der Waals surface area contributed by atoms with Crippen molar-refractivity contribution < 1.29 is 9.13 Å². The van der Waals surface area contributed by atoms with Gasteiger partial charge in [-0.1, -0.05) is 23.7 Å². The van der Waals surface area contributed by atoms with Crippen LogP contribution in [0.15, 0.2) is 59.1 Å². The summed E-state index contributed by atoms with van der Waals surface area (Å²) >= 11 is 7.68. The topological polar surface area (TPSA) is 118 Å². The molecule has 1 aromatic carbocycles. The minimum atomic E-state index is -0.579. The Morgan fingerprint density at radius 3 is 2.69 bits per heavy atom. The van der Waals surface area contributed by atoms with Crippen LogP contribution in [-0.2, 0) is 0 Å². The lowest BCUT2D eigenvalue weighted by atomic mass is 9.97. The second-order valence-corrected chi connectivity index (χ2v) is 11.1. The van der Waals surface area contributed by atoms with E-state index in [0.717, 1.165) is 0 Å². The van der Waals surface area contributed by atoms with Crippen molar-refractivity contribution in [3.8, 4) is 28.3 Å². The molecule has 2 N–H and O–H groups in total. The van der Waals surface area contributed by atoms with Gasteiger partial charge in [-0.15, -0.1) is 11.3 Å². The Labute approximate surface area is 247 Å². The van der Waals surface area contributed by atoms with Gasteiger partial charge in [0.15, 0.2) is 5.65 Å². The molecule has 0 radical (unpaired) electrons. The lowest BCUT2D eigenvalue weighted by Gasteiger charge is -2.18. The average Bonchev–Trinajstić information content (AvgIpc) is 3.54. The zero-order chi connectivity index (χ0) is 29.7. The van der Waals surface area contributed by atoms with Crippen LogP contribution in [0.2, 0.25) is 5.15 Å². The Bertz CT molecular complexity index is 2110. The van der Waals surface area contributed by atoms with E-state index in [-0.39, 0.29) is 39.8 Å². The predicted octanol–water partition coefficient (Wildman–Crippen LogP) is 6.55. The van der Waals surface area contributed by atoms with Crippen molar-refractivity contribution in [3.05, 3.63) is 92.6 Å². The average molecular weight is 601 g/mol. The quantitative estimate of drug-likeness (QED) is 0.215. The Morgan fingerprint density at radius 1 is 1.14 bits per heavy atom. The molecule has 0 aliphatic carbocycles. The van der Waals surface area contributed by atoms with Gasteiger partial charge in [-0.25, -0.2) is 28.9 Å². The molecule has 1 atom stereocenters. The van der Waals surface area contributed by atoms with Crippen LogP contribution >= 0.6 is 22.9 Å². The van der Waals surface area contributed by atoms with Crippen molar-refractivity contribution in [2.45, 2.75) is 32.9 Å². The van der Waals surface area contributed by atoms with Crippen LogP contribution in [-0.4, -0.2) is 35.2 Å². The summed E-state index contributed by atoms with van der Waals surface area (Å²) in [5.41, 5.74) is 8.76. The number of ether oxygens (including phenoxy) is 1. The van der Waals surface area contributed by atoms with Crippen LogP contribution in [0.1, 0.15) is 32.4 Å². The highest BCUT2D eigenvalue weighted by Crippen LogP contribution is 2.38. The van der Waals surface area contributed by atoms with E-state index in [1.807, 2.05) is 26.8 Å². The summed E-state index contributed by atoms with van der Waals surface area (Å²) in [7, 11) is 0. The van der Waals surface area contributed by atoms with E-state index >= 15 is 0 Å². The number of nitrogens with two attached hydrogens (primary N) is 1. The molecule has 210 valence electrons. The fourth-order valence-electron chi connectivity index (χ4n) is 4.88. The summed E-state index contributed by atoms with van der Waals surface area (Å²) in [5.74, 6) is -0.0770. The largest absolute Gasteiger partial charge is 0.484 e. The number of anilines is 1. The number of thiazole rings is 1. The van der Waals surface area contributed by atoms with Gasteiger partial charge in [0.1, 0.15) is 33.6 Å². The summed E-state index contributed by atoms with van der Waals surface area (Å²) in [6.45, 7) is 13.2. The van der Waals surface area contributed by atoms with Gasteiger partial charge in [0.05, 0.1) is 29.7 Å². The number of aromatic nitrogens is 6. The molecule has 6 rings (SSSR count). The first kappa shape index (κ1) is 27.3. The van der Waals surface area contributed by atoms with Gasteiger partial charge in [0, 0.05) is 17.1 Å². The molecule has 0 aliphatic rings. The first-order valence-electron chi connectivity index (χ1n) is 12.8. The molecule has 10 nitrogen and oxygen atoms in total. The first-order valence-corrected chi connectivity index (χ1v) is 14.1. The Hall–Kier alpha value is -4.86. The van der Waals surface area contributed by atoms with Crippen LogP contribution in [0.5, 0.6) is 5.88 Å². The summed E-state index contributed by atoms with van der Waals surface area (Å²) in [5, 5.41) is 7.27. The van der Waals surface area contributed by atoms with Gasteiger partial charge in [-0.3, -0.25) is 9.20 Å². The van der Waals surface area contributed by atoms with Crippen molar-refractivity contribution in [1.29, 1.82) is 0 Å². The molecule has 0 saturated carbocycles. The van der Waals surface area contributed by atoms with E-state index in [0.29, 0.717) is 38.2 Å². The van der Waals surface area contributed by atoms with Crippen molar-refractivity contribution in [2.24, 2.45) is 0 Å². The maximum Gasteiger partial charge on any atom is 0.265 e. The molecule has 0 amide bonds. The molecule has 0 bridgehead atoms. The van der Waals surface area contributed by atoms with E-state index in [2.05, 4.69) is 19.8 Å². The molecule has 42 heavy (non-hydrogen) atoms. The molecular formula is C29H22ClFN8O2S. The van der Waals surface area contributed by atoms with Crippen LogP contribution in [0.3, 0.4) is 0 Å². The van der Waals surface area contributed by atoms with Gasteiger partial charge in [-0.05, 0) is 56.2 Å². The number of halogens is 2. The number of benzene rings is 1. The van der Waals surface area contributed by atoms with Gasteiger partial charge in [0.25, 0.3) is 5.56 Å². The number of fused-ring (bicyclic) bond motifs is 2. The number of nitrogen functional groups attached to an aromatic ring is 1. The van der Waals surface area contributed by atoms with E-state index in [1.54, 1.807) is 34.5 Å². The number of hydrogen-bond donors (Lipinski definition) is 1. The predicted molar refractivity (Wildman–Crippen MR) is 161 cm³/mol. The summed E-state index contributed by atoms with van der Waals surface area (Å²) in [6.07, 6.45) is 2.72. The zero-order valence-electron chi connectivity index (χ0n) is 22.5. The van der Waals surface area contributed by atoms with Gasteiger partial charge >= 0.3 is 0 Å². The third kappa shape index (κ3) is 4.52. The molecule has 0 fully saturated rings. The molecule has 5 aromatic heterocycles. The minimum Gasteiger partial charge on any atom is -0.484 e. The molecular weight excluding hydrogens is 579 g/mol. The molecule has 5 heterocycles. The molecule has 0 spiro atoms. The Kier molecular flexibility index (Phi) is 6.84. The van der Waals surface area contributed by atoms with Crippen LogP contribution in [0.25, 0.3) is 43.1 Å². The minimum absolute atomic E-state index is 0.166. The number of pyridine rings is 2. The Morgan fingerprint density at radius 2 is 1.95 bits per heavy atom. The van der Waals surface area contributed by atoms with Crippen LogP contribution < -0.4 is 16.0 Å². The van der Waals surface area contributed by atoms with Crippen molar-refractivity contribution in [2.75, 3.05) is 5.73 Å². The van der Waals surface area contributed by atoms with Gasteiger partial charge in [-0.2, -0.15) is 5.10 Å². The highest BCUT2D eigenvalue weighted by Gasteiger charge is 2.26.